The number of para-hydroxylation sites is 2. The van der Waals surface area contributed by atoms with Gasteiger partial charge in [0.15, 0.2) is 0 Å². The number of anilines is 4. The summed E-state index contributed by atoms with van der Waals surface area (Å²) >= 11 is -2.45. The molecule has 17 heteroatoms. The number of hydrogen-bond acceptors (Lipinski definition) is 11. The molecule has 0 saturated heterocycles. The van der Waals surface area contributed by atoms with E-state index in [1.54, 1.807) is 30.3 Å². The monoisotopic (exact) mass is 1090 g/mol. The van der Waals surface area contributed by atoms with Gasteiger partial charge in [0.25, 0.3) is 11.4 Å². The van der Waals surface area contributed by atoms with Crippen LogP contribution in [0.3, 0.4) is 0 Å². The van der Waals surface area contributed by atoms with Crippen molar-refractivity contribution in [3.05, 3.63) is 181 Å². The summed E-state index contributed by atoms with van der Waals surface area (Å²) in [4.78, 5) is 30.4. The Balaban J connectivity index is 0.000000168. The van der Waals surface area contributed by atoms with Crippen molar-refractivity contribution in [3.63, 3.8) is 0 Å². The number of H-pyrrole nitrogens is 1. The number of fused-ring (bicyclic) bond motifs is 2. The van der Waals surface area contributed by atoms with E-state index in [1.165, 1.54) is 63.0 Å². The van der Waals surface area contributed by atoms with E-state index in [9.17, 15) is 25.5 Å². The van der Waals surface area contributed by atoms with Crippen LogP contribution in [0.4, 0.5) is 34.1 Å². The van der Waals surface area contributed by atoms with Crippen LogP contribution in [0.15, 0.2) is 137 Å². The summed E-state index contributed by atoms with van der Waals surface area (Å²) in [5.74, 6) is 0.447. The Morgan fingerprint density at radius 1 is 0.658 bits per heavy atom. The predicted molar refractivity (Wildman–Crippen MR) is 293 cm³/mol. The van der Waals surface area contributed by atoms with Gasteiger partial charge in [-0.15, -0.1) is 10.2 Å². The summed E-state index contributed by atoms with van der Waals surface area (Å²) in [6.45, 7) is 8.17. The molecule has 0 unspecified atom stereocenters. The van der Waals surface area contributed by atoms with Gasteiger partial charge < -0.3 is 9.80 Å². The number of nitro benzene ring substituents is 2. The predicted octanol–water partition coefficient (Wildman–Crippen LogP) is 15.4. The third-order valence-corrected chi connectivity index (χ3v) is 26.0. The van der Waals surface area contributed by atoms with E-state index in [2.05, 4.69) is 67.8 Å². The number of nitrogens with zero attached hydrogens (tertiary/aromatic N) is 11. The molecule has 0 bridgehead atoms. The van der Waals surface area contributed by atoms with Crippen molar-refractivity contribution in [1.29, 1.82) is 5.26 Å². The molecule has 0 aliphatic carbocycles. The quantitative estimate of drug-likeness (QED) is 0.0227. The zero-order chi connectivity index (χ0) is 51.6. The number of nitriles is 1. The average Bonchev–Trinajstić information content (AvgIpc) is 3.99. The summed E-state index contributed by atoms with van der Waals surface area (Å²) < 4.78 is 8.18. The minimum absolute atomic E-state index is 0.0527. The molecule has 16 nitrogen and oxygen atoms in total. The molecule has 2 aliphatic rings. The maximum atomic E-state index is 12.0. The van der Waals surface area contributed by atoms with Crippen molar-refractivity contribution in [2.75, 3.05) is 22.9 Å². The molecule has 0 atom stereocenters. The van der Waals surface area contributed by atoms with Crippen LogP contribution < -0.4 is 9.80 Å². The first-order valence-electron chi connectivity index (χ1n) is 25.3. The first-order valence-corrected chi connectivity index (χ1v) is 32.7. The van der Waals surface area contributed by atoms with E-state index in [0.29, 0.717) is 33.9 Å². The van der Waals surface area contributed by atoms with Crippen molar-refractivity contribution >= 4 is 52.8 Å². The number of benzene rings is 6. The van der Waals surface area contributed by atoms with Gasteiger partial charge in [-0.1, -0.05) is 91.0 Å². The second-order valence-corrected chi connectivity index (χ2v) is 30.2. The Morgan fingerprint density at radius 3 is 1.59 bits per heavy atom. The van der Waals surface area contributed by atoms with Gasteiger partial charge in [0.1, 0.15) is 11.4 Å². The molecule has 73 heavy (non-hydrogen) atoms. The molecular formula is C56H62N12O4Sn. The number of nitro groups is 2. The van der Waals surface area contributed by atoms with Gasteiger partial charge in [-0.2, -0.15) is 10.5 Å². The van der Waals surface area contributed by atoms with Gasteiger partial charge in [-0.25, -0.2) is 0 Å². The van der Waals surface area contributed by atoms with Crippen LogP contribution in [0.1, 0.15) is 88.8 Å². The van der Waals surface area contributed by atoms with Crippen molar-refractivity contribution in [3.8, 4) is 39.7 Å². The number of aromatic amines is 1. The van der Waals surface area contributed by atoms with Crippen LogP contribution in [0.2, 0.25) is 13.3 Å². The zero-order valence-electron chi connectivity index (χ0n) is 41.9. The van der Waals surface area contributed by atoms with Crippen LogP contribution in [0.25, 0.3) is 44.1 Å². The second kappa shape index (κ2) is 26.2. The fraction of sp³-hybridized carbons (Fsp3) is 0.321. The van der Waals surface area contributed by atoms with Crippen LogP contribution >= 0.6 is 0 Å². The zero-order valence-corrected chi connectivity index (χ0v) is 44.7. The topological polar surface area (TPSA) is 220 Å². The van der Waals surface area contributed by atoms with E-state index in [-0.39, 0.29) is 21.2 Å². The maximum Gasteiger partial charge on any atom is 0.293 e. The molecule has 0 fully saturated rings. The average molecular weight is 1090 g/mol. The van der Waals surface area contributed by atoms with E-state index < -0.39 is 18.7 Å². The van der Waals surface area contributed by atoms with Gasteiger partial charge in [0.2, 0.25) is 5.82 Å². The molecule has 0 saturated carbocycles. The number of hydrogen-bond donors (Lipinski definition) is 1. The molecule has 9 rings (SSSR count). The number of unbranched alkanes of at least 4 members (excludes halogenated alkanes) is 3. The summed E-state index contributed by atoms with van der Waals surface area (Å²) in [6.07, 6.45) is 11.4. The molecule has 0 radical (unpaired) electrons. The van der Waals surface area contributed by atoms with Gasteiger partial charge >= 0.3 is 105 Å². The molecule has 0 spiro atoms. The first-order chi connectivity index (χ1) is 35.6. The third-order valence-electron chi connectivity index (χ3n) is 13.6. The summed E-state index contributed by atoms with van der Waals surface area (Å²) in [7, 11) is 0. The SMILES string of the molecule is CCC[CH2][Sn]([CH2]CCC)([CH2]CCC)[N]=[N+]=[N-].N#Cc1ccccc1-c1ccc(N2CCCc3ccccc32)c([N+](=O)[O-])c1.O=[N+]([O-])c1cc(-c2ccccc2-c2nn[nH]n2)ccc1N1CCCc2ccccc21. The van der Waals surface area contributed by atoms with E-state index in [4.69, 9.17) is 5.53 Å². The molecule has 374 valence electrons. The molecule has 6 aromatic carbocycles. The van der Waals surface area contributed by atoms with E-state index in [1.807, 2.05) is 101 Å². The molecular weight excluding hydrogens is 1020 g/mol. The Bertz CT molecular complexity index is 3060. The van der Waals surface area contributed by atoms with Gasteiger partial charge in [0, 0.05) is 42.2 Å². The third kappa shape index (κ3) is 13.1. The van der Waals surface area contributed by atoms with Crippen LogP contribution in [-0.4, -0.2) is 62.2 Å². The number of aryl methyl sites for hydroxylation is 2. The second-order valence-electron chi connectivity index (χ2n) is 18.4. The van der Waals surface area contributed by atoms with E-state index >= 15 is 0 Å². The molecule has 7 aromatic rings. The normalized spacial score (nSPS) is 12.6. The van der Waals surface area contributed by atoms with Crippen molar-refractivity contribution in [1.82, 2.24) is 20.6 Å². The Morgan fingerprint density at radius 2 is 1.12 bits per heavy atom. The first kappa shape index (κ1) is 53.2. The summed E-state index contributed by atoms with van der Waals surface area (Å²) in [6, 6.07) is 43.6. The van der Waals surface area contributed by atoms with Crippen LogP contribution in [-0.2, 0) is 12.8 Å². The molecule has 0 amide bonds. The van der Waals surface area contributed by atoms with Gasteiger partial charge in [-0.3, -0.25) is 20.2 Å². The van der Waals surface area contributed by atoms with Crippen molar-refractivity contribution in [2.45, 2.75) is 98.3 Å². The molecule has 2 aliphatic heterocycles. The fourth-order valence-electron chi connectivity index (χ4n) is 9.87. The Labute approximate surface area is 431 Å². The number of aromatic nitrogens is 4. The smallest absolute Gasteiger partial charge is 0.293 e. The van der Waals surface area contributed by atoms with Gasteiger partial charge in [0.05, 0.1) is 21.5 Å². The molecule has 1 aromatic heterocycles. The van der Waals surface area contributed by atoms with Crippen LogP contribution in [0.5, 0.6) is 0 Å². The number of nitrogens with one attached hydrogen (secondary N) is 1. The minimum atomic E-state index is -2.45. The molecule has 3 heterocycles. The number of rotatable bonds is 17. The molecule has 1 N–H and O–H groups in total. The van der Waals surface area contributed by atoms with E-state index in [0.717, 1.165) is 66.8 Å². The van der Waals surface area contributed by atoms with Gasteiger partial charge in [-0.05, 0) is 94.6 Å². The fourth-order valence-corrected chi connectivity index (χ4v) is 22.1. The Kier molecular flexibility index (Phi) is 19.1. The standard InChI is InChI=1S/C22H18N6O2.C22H17N3O2.3C4H9.N3.Sn/c29-28(30)21-14-16(17-8-2-3-9-18(17)22-23-25-26-24-22)11-12-20(21)27-13-5-7-15-6-1-4-10-19(15)27;23-15-18-7-1-3-9-19(18)17-11-12-21(22(14-17)25(26)27)24-13-5-8-16-6-2-4-10-20(16)24;3*1-3-4-2;1-3-2;/h1-4,6,8-12,14H,5,7,13H2,(H,23,24,25,26);1-4,6-7,9-12,14H,5,8,13H2;3*1,3-4H2,2H3;;/q;;;;;-1;+1. The summed E-state index contributed by atoms with van der Waals surface area (Å²) in [5, 5.41) is 47.4. The number of tetrazole rings is 1. The summed E-state index contributed by atoms with van der Waals surface area (Å²) in [5.41, 5.74) is 18.8. The minimum Gasteiger partial charge on any atom is -0.336 e. The van der Waals surface area contributed by atoms with Crippen molar-refractivity contribution < 1.29 is 9.85 Å². The number of azide groups is 1. The Hall–Kier alpha value is -7.61. The maximum absolute atomic E-state index is 12.0. The van der Waals surface area contributed by atoms with Crippen LogP contribution in [0, 0.1) is 31.6 Å². The largest absolute Gasteiger partial charge is 0.336 e. The van der Waals surface area contributed by atoms with Crippen molar-refractivity contribution in [2.24, 2.45) is 3.34 Å².